The standard InChI is InChI=1S/C29H35ClN2O3/c30-24-14-22-20-7-1-2-8-21(20)29(34)35-28(22)23(27(24)33)16-32-11-5-6-17-12-18-13-19(26(17)32)15-31-10-4-3-9-25(18)31/h12,14,18-19,25-26,33H,1-11,13,15-16H2. The van der Waals surface area contributed by atoms with Gasteiger partial charge in [-0.1, -0.05) is 29.7 Å². The number of phenolic OH excluding ortho intramolecular Hbond substituents is 1. The summed E-state index contributed by atoms with van der Waals surface area (Å²) in [6, 6.07) is 2.96. The number of benzene rings is 1. The molecule has 2 aliphatic carbocycles. The molecule has 0 radical (unpaired) electrons. The van der Waals surface area contributed by atoms with Crippen molar-refractivity contribution < 1.29 is 9.52 Å². The van der Waals surface area contributed by atoms with Crippen LogP contribution in [0.5, 0.6) is 5.75 Å². The summed E-state index contributed by atoms with van der Waals surface area (Å²) in [4.78, 5) is 18.2. The highest BCUT2D eigenvalue weighted by atomic mass is 35.5. The summed E-state index contributed by atoms with van der Waals surface area (Å²) in [6.45, 7) is 3.99. The molecule has 3 fully saturated rings. The van der Waals surface area contributed by atoms with Crippen molar-refractivity contribution in [2.45, 2.75) is 82.8 Å². The minimum Gasteiger partial charge on any atom is -0.506 e. The molecule has 4 atom stereocenters. The number of likely N-dealkylation sites (tertiary alicyclic amines) is 1. The topological polar surface area (TPSA) is 56.9 Å². The number of rotatable bonds is 2. The molecule has 4 heterocycles. The molecule has 2 aromatic rings. The van der Waals surface area contributed by atoms with E-state index < -0.39 is 0 Å². The maximum Gasteiger partial charge on any atom is 0.339 e. The predicted molar refractivity (Wildman–Crippen MR) is 138 cm³/mol. The smallest absolute Gasteiger partial charge is 0.339 e. The number of aryl methyl sites for hydroxylation is 1. The molecule has 3 aliphatic heterocycles. The van der Waals surface area contributed by atoms with Gasteiger partial charge in [-0.15, -0.1) is 0 Å². The quantitative estimate of drug-likeness (QED) is 0.446. The second-order valence-electron chi connectivity index (χ2n) is 11.6. The van der Waals surface area contributed by atoms with Gasteiger partial charge in [-0.25, -0.2) is 4.79 Å². The van der Waals surface area contributed by atoms with Gasteiger partial charge in [0.05, 0.1) is 10.6 Å². The second-order valence-corrected chi connectivity index (χ2v) is 12.0. The van der Waals surface area contributed by atoms with E-state index >= 15 is 0 Å². The molecule has 5 aliphatic rings. The summed E-state index contributed by atoms with van der Waals surface area (Å²) < 4.78 is 5.93. The number of aromatic hydroxyl groups is 1. The van der Waals surface area contributed by atoms with Crippen LogP contribution in [0.25, 0.3) is 11.0 Å². The molecule has 2 bridgehead atoms. The van der Waals surface area contributed by atoms with Crippen molar-refractivity contribution >= 4 is 22.6 Å². The van der Waals surface area contributed by atoms with E-state index in [1.165, 1.54) is 45.2 Å². The molecule has 6 heteroatoms. The van der Waals surface area contributed by atoms with Gasteiger partial charge in [0.15, 0.2) is 0 Å². The van der Waals surface area contributed by atoms with Crippen LogP contribution in [0.1, 0.15) is 68.1 Å². The zero-order chi connectivity index (χ0) is 23.7. The number of hydrogen-bond acceptors (Lipinski definition) is 5. The third-order valence-corrected chi connectivity index (χ3v) is 9.95. The highest BCUT2D eigenvalue weighted by Gasteiger charge is 2.46. The van der Waals surface area contributed by atoms with Gasteiger partial charge in [-0.3, -0.25) is 9.80 Å². The van der Waals surface area contributed by atoms with E-state index in [1.54, 1.807) is 5.57 Å². The minimum absolute atomic E-state index is 0.0719. The van der Waals surface area contributed by atoms with E-state index in [2.05, 4.69) is 15.9 Å². The first kappa shape index (κ1) is 22.4. The molecule has 4 unspecified atom stereocenters. The molecule has 1 aromatic heterocycles. The second kappa shape index (κ2) is 8.64. The first-order valence-electron chi connectivity index (χ1n) is 13.8. The summed E-state index contributed by atoms with van der Waals surface area (Å²) >= 11 is 6.58. The normalized spacial score (nSPS) is 30.9. The SMILES string of the molecule is O=c1oc2c(CN3CCCC4=CC5CC(CN6CCCCC56)C43)c(O)c(Cl)cc2c2c1CCCC2. The Morgan fingerprint density at radius 3 is 2.80 bits per heavy atom. The van der Waals surface area contributed by atoms with Gasteiger partial charge in [0.1, 0.15) is 11.3 Å². The molecule has 1 N–H and O–H groups in total. The van der Waals surface area contributed by atoms with Crippen LogP contribution >= 0.6 is 11.6 Å². The van der Waals surface area contributed by atoms with Crippen molar-refractivity contribution in [1.29, 1.82) is 0 Å². The lowest BCUT2D eigenvalue weighted by molar-refractivity contribution is -0.00274. The Bertz CT molecular complexity index is 1270. The largest absolute Gasteiger partial charge is 0.506 e. The van der Waals surface area contributed by atoms with Crippen LogP contribution < -0.4 is 5.63 Å². The van der Waals surface area contributed by atoms with Crippen molar-refractivity contribution in [2.24, 2.45) is 11.8 Å². The Morgan fingerprint density at radius 2 is 1.91 bits per heavy atom. The first-order valence-corrected chi connectivity index (χ1v) is 14.1. The highest BCUT2D eigenvalue weighted by molar-refractivity contribution is 6.33. The number of piperidine rings is 3. The lowest BCUT2D eigenvalue weighted by Gasteiger charge is -2.54. The summed E-state index contributed by atoms with van der Waals surface area (Å²) in [5, 5.41) is 12.4. The molecule has 0 saturated carbocycles. The van der Waals surface area contributed by atoms with Gasteiger partial charge in [0.25, 0.3) is 0 Å². The maximum absolute atomic E-state index is 12.9. The third kappa shape index (κ3) is 3.60. The van der Waals surface area contributed by atoms with Crippen molar-refractivity contribution in [3.8, 4) is 5.75 Å². The van der Waals surface area contributed by atoms with E-state index in [0.29, 0.717) is 40.6 Å². The number of nitrogens with zero attached hydrogens (tertiary/aromatic N) is 2. The monoisotopic (exact) mass is 494 g/mol. The zero-order valence-corrected chi connectivity index (χ0v) is 21.2. The number of halogens is 1. The molecule has 5 nitrogen and oxygen atoms in total. The minimum atomic E-state index is -0.238. The Hall–Kier alpha value is -1.82. The predicted octanol–water partition coefficient (Wildman–Crippen LogP) is 5.43. The van der Waals surface area contributed by atoms with Gasteiger partial charge >= 0.3 is 5.63 Å². The Labute approximate surface area is 211 Å². The van der Waals surface area contributed by atoms with Crippen LogP contribution in [0.2, 0.25) is 5.02 Å². The van der Waals surface area contributed by atoms with Gasteiger partial charge in [0, 0.05) is 36.1 Å². The van der Waals surface area contributed by atoms with Crippen LogP contribution in [-0.4, -0.2) is 46.6 Å². The summed E-state index contributed by atoms with van der Waals surface area (Å²) in [6.07, 6.45) is 14.0. The molecular formula is C29H35ClN2O3. The van der Waals surface area contributed by atoms with Crippen LogP contribution in [0.3, 0.4) is 0 Å². The van der Waals surface area contributed by atoms with Gasteiger partial charge < -0.3 is 9.52 Å². The molecule has 0 amide bonds. The van der Waals surface area contributed by atoms with E-state index in [-0.39, 0.29) is 11.4 Å². The van der Waals surface area contributed by atoms with Crippen molar-refractivity contribution in [3.05, 3.63) is 49.8 Å². The van der Waals surface area contributed by atoms with Gasteiger partial charge in [-0.05, 0) is 94.3 Å². The van der Waals surface area contributed by atoms with Crippen molar-refractivity contribution in [1.82, 2.24) is 9.80 Å². The Kier molecular flexibility index (Phi) is 5.52. The first-order chi connectivity index (χ1) is 17.1. The summed E-state index contributed by atoms with van der Waals surface area (Å²) in [7, 11) is 0. The zero-order valence-electron chi connectivity index (χ0n) is 20.4. The fourth-order valence-electron chi connectivity index (χ4n) is 8.21. The number of fused-ring (bicyclic) bond motifs is 9. The van der Waals surface area contributed by atoms with Crippen molar-refractivity contribution in [3.63, 3.8) is 0 Å². The average molecular weight is 495 g/mol. The molecule has 186 valence electrons. The number of hydrogen-bond donors (Lipinski definition) is 1. The fourth-order valence-corrected chi connectivity index (χ4v) is 8.43. The Balaban J connectivity index is 1.29. The van der Waals surface area contributed by atoms with Crippen molar-refractivity contribution in [2.75, 3.05) is 19.6 Å². The third-order valence-electron chi connectivity index (χ3n) is 9.66. The van der Waals surface area contributed by atoms with Gasteiger partial charge in [0.2, 0.25) is 0 Å². The van der Waals surface area contributed by atoms with Crippen LogP contribution in [0, 0.1) is 11.8 Å². The molecule has 3 saturated heterocycles. The highest BCUT2D eigenvalue weighted by Crippen LogP contribution is 2.46. The lowest BCUT2D eigenvalue weighted by Crippen LogP contribution is -2.59. The molecule has 35 heavy (non-hydrogen) atoms. The van der Waals surface area contributed by atoms with Crippen LogP contribution in [0.15, 0.2) is 26.9 Å². The molecule has 0 spiro atoms. The average Bonchev–Trinajstić information content (AvgIpc) is 2.88. The van der Waals surface area contributed by atoms with E-state index in [9.17, 15) is 9.90 Å². The van der Waals surface area contributed by atoms with E-state index in [0.717, 1.165) is 61.2 Å². The van der Waals surface area contributed by atoms with E-state index in [4.69, 9.17) is 16.0 Å². The summed E-state index contributed by atoms with van der Waals surface area (Å²) in [5.41, 5.74) is 4.48. The lowest BCUT2D eigenvalue weighted by atomic mass is 9.68. The fraction of sp³-hybridized carbons (Fsp3) is 0.621. The molecular weight excluding hydrogens is 460 g/mol. The maximum atomic E-state index is 12.9. The van der Waals surface area contributed by atoms with E-state index in [1.807, 2.05) is 6.07 Å². The van der Waals surface area contributed by atoms with Crippen LogP contribution in [0.4, 0.5) is 0 Å². The van der Waals surface area contributed by atoms with Crippen LogP contribution in [-0.2, 0) is 19.4 Å². The molecule has 7 rings (SSSR count). The van der Waals surface area contributed by atoms with Gasteiger partial charge in [-0.2, -0.15) is 0 Å². The number of phenols is 1. The summed E-state index contributed by atoms with van der Waals surface area (Å²) in [5.74, 6) is 1.40. The molecule has 1 aromatic carbocycles. The Morgan fingerprint density at radius 1 is 1.06 bits per heavy atom.